The fourth-order valence-electron chi connectivity index (χ4n) is 1.75. The molecule has 19 heavy (non-hydrogen) atoms. The molecule has 0 radical (unpaired) electrons. The van der Waals surface area contributed by atoms with Gasteiger partial charge < -0.3 is 10.1 Å². The number of esters is 1. The SMILES string of the molecule is CNc1nc(C2CC2)nc(SCCC(=O)OC)c1C. The molecule has 0 amide bonds. The minimum Gasteiger partial charge on any atom is -0.469 e. The summed E-state index contributed by atoms with van der Waals surface area (Å²) in [4.78, 5) is 20.3. The fourth-order valence-corrected chi connectivity index (χ4v) is 2.69. The number of nitrogens with zero attached hydrogens (tertiary/aromatic N) is 2. The smallest absolute Gasteiger partial charge is 0.306 e. The van der Waals surface area contributed by atoms with Crippen molar-refractivity contribution in [3.8, 4) is 0 Å². The van der Waals surface area contributed by atoms with Gasteiger partial charge in [-0.2, -0.15) is 0 Å². The second-order valence-corrected chi connectivity index (χ2v) is 5.64. The second-order valence-electron chi connectivity index (χ2n) is 4.56. The molecule has 0 aromatic carbocycles. The number of methoxy groups -OCH3 is 1. The van der Waals surface area contributed by atoms with Crippen molar-refractivity contribution in [3.05, 3.63) is 11.4 Å². The van der Waals surface area contributed by atoms with Gasteiger partial charge in [0.25, 0.3) is 0 Å². The molecule has 0 aliphatic heterocycles. The zero-order chi connectivity index (χ0) is 13.8. The van der Waals surface area contributed by atoms with Gasteiger partial charge in [0.15, 0.2) is 0 Å². The summed E-state index contributed by atoms with van der Waals surface area (Å²) in [6.07, 6.45) is 2.76. The minimum absolute atomic E-state index is 0.185. The lowest BCUT2D eigenvalue weighted by atomic mass is 10.3. The van der Waals surface area contributed by atoms with E-state index in [-0.39, 0.29) is 5.97 Å². The lowest BCUT2D eigenvalue weighted by Crippen LogP contribution is -2.05. The van der Waals surface area contributed by atoms with Crippen molar-refractivity contribution >= 4 is 23.5 Å². The molecule has 1 aromatic heterocycles. The van der Waals surface area contributed by atoms with E-state index in [2.05, 4.69) is 20.0 Å². The summed E-state index contributed by atoms with van der Waals surface area (Å²) in [6, 6.07) is 0. The molecule has 5 nitrogen and oxygen atoms in total. The van der Waals surface area contributed by atoms with E-state index in [1.165, 1.54) is 20.0 Å². The molecule has 1 heterocycles. The Morgan fingerprint density at radius 3 is 2.79 bits per heavy atom. The van der Waals surface area contributed by atoms with Crippen LogP contribution in [0.3, 0.4) is 0 Å². The van der Waals surface area contributed by atoms with E-state index >= 15 is 0 Å². The molecule has 1 saturated carbocycles. The van der Waals surface area contributed by atoms with Crippen LogP contribution in [-0.4, -0.2) is 35.8 Å². The van der Waals surface area contributed by atoms with Crippen molar-refractivity contribution in [2.75, 3.05) is 25.2 Å². The van der Waals surface area contributed by atoms with Gasteiger partial charge in [0.2, 0.25) is 0 Å². The van der Waals surface area contributed by atoms with Crippen molar-refractivity contribution in [2.45, 2.75) is 37.1 Å². The third-order valence-corrected chi connectivity index (χ3v) is 4.15. The maximum Gasteiger partial charge on any atom is 0.306 e. The van der Waals surface area contributed by atoms with Crippen molar-refractivity contribution in [1.29, 1.82) is 0 Å². The predicted molar refractivity (Wildman–Crippen MR) is 75.6 cm³/mol. The highest BCUT2D eigenvalue weighted by molar-refractivity contribution is 7.99. The maximum atomic E-state index is 11.1. The molecule has 2 rings (SSSR count). The van der Waals surface area contributed by atoms with Crippen LogP contribution >= 0.6 is 11.8 Å². The molecule has 0 spiro atoms. The van der Waals surface area contributed by atoms with E-state index < -0.39 is 0 Å². The van der Waals surface area contributed by atoms with Gasteiger partial charge in [-0.25, -0.2) is 9.97 Å². The van der Waals surface area contributed by atoms with Crippen molar-refractivity contribution in [1.82, 2.24) is 9.97 Å². The summed E-state index contributed by atoms with van der Waals surface area (Å²) in [5.74, 6) is 2.83. The maximum absolute atomic E-state index is 11.1. The van der Waals surface area contributed by atoms with Gasteiger partial charge in [-0.15, -0.1) is 11.8 Å². The van der Waals surface area contributed by atoms with Crippen LogP contribution in [0.5, 0.6) is 0 Å². The van der Waals surface area contributed by atoms with Gasteiger partial charge in [-0.3, -0.25) is 4.79 Å². The van der Waals surface area contributed by atoms with E-state index in [1.54, 1.807) is 11.8 Å². The summed E-state index contributed by atoms with van der Waals surface area (Å²) in [5, 5.41) is 4.08. The Balaban J connectivity index is 2.09. The zero-order valence-corrected chi connectivity index (χ0v) is 12.3. The van der Waals surface area contributed by atoms with Crippen LogP contribution in [0.25, 0.3) is 0 Å². The summed E-state index contributed by atoms with van der Waals surface area (Å²) in [7, 11) is 3.28. The Hall–Kier alpha value is -1.30. The normalized spacial score (nSPS) is 14.3. The van der Waals surface area contributed by atoms with Gasteiger partial charge in [-0.05, 0) is 19.8 Å². The lowest BCUT2D eigenvalue weighted by Gasteiger charge is -2.11. The van der Waals surface area contributed by atoms with Gasteiger partial charge in [0, 0.05) is 24.3 Å². The largest absolute Gasteiger partial charge is 0.469 e. The van der Waals surface area contributed by atoms with Crippen molar-refractivity contribution < 1.29 is 9.53 Å². The first-order chi connectivity index (χ1) is 9.15. The molecule has 1 fully saturated rings. The Labute approximate surface area is 117 Å². The Morgan fingerprint density at radius 1 is 1.47 bits per heavy atom. The standard InChI is InChI=1S/C13H19N3O2S/c1-8-11(14-2)15-12(9-4-5-9)16-13(8)19-7-6-10(17)18-3/h9H,4-7H2,1-3H3,(H,14,15,16). The lowest BCUT2D eigenvalue weighted by molar-refractivity contribution is -0.140. The quantitative estimate of drug-likeness (QED) is 0.490. The third kappa shape index (κ3) is 3.59. The number of aromatic nitrogens is 2. The molecule has 0 saturated heterocycles. The van der Waals surface area contributed by atoms with Gasteiger partial charge in [-0.1, -0.05) is 0 Å². The van der Waals surface area contributed by atoms with Crippen LogP contribution < -0.4 is 5.32 Å². The molecule has 104 valence electrons. The number of carbonyl (C=O) groups excluding carboxylic acids is 1. The van der Waals surface area contributed by atoms with E-state index in [0.717, 1.165) is 22.2 Å². The van der Waals surface area contributed by atoms with Crippen molar-refractivity contribution in [2.24, 2.45) is 0 Å². The van der Waals surface area contributed by atoms with E-state index in [0.29, 0.717) is 18.1 Å². The minimum atomic E-state index is -0.185. The molecule has 1 aromatic rings. The first kappa shape index (κ1) is 14.1. The molecule has 1 aliphatic rings. The number of ether oxygens (including phenoxy) is 1. The number of thioether (sulfide) groups is 1. The van der Waals surface area contributed by atoms with Crippen LogP contribution in [0.4, 0.5) is 5.82 Å². The molecule has 6 heteroatoms. The number of hydrogen-bond acceptors (Lipinski definition) is 6. The van der Waals surface area contributed by atoms with Crippen LogP contribution in [0, 0.1) is 6.92 Å². The van der Waals surface area contributed by atoms with Crippen LogP contribution in [0.2, 0.25) is 0 Å². The number of carbonyl (C=O) groups is 1. The molecule has 0 bridgehead atoms. The average Bonchev–Trinajstić information content (AvgIpc) is 3.24. The molecule has 0 unspecified atom stereocenters. The topological polar surface area (TPSA) is 64.1 Å². The van der Waals surface area contributed by atoms with E-state index in [1.807, 2.05) is 14.0 Å². The van der Waals surface area contributed by atoms with Crippen molar-refractivity contribution in [3.63, 3.8) is 0 Å². The Kier molecular flexibility index (Phi) is 4.63. The first-order valence-corrected chi connectivity index (χ1v) is 7.40. The summed E-state index contributed by atoms with van der Waals surface area (Å²) in [5.41, 5.74) is 1.04. The highest BCUT2D eigenvalue weighted by Gasteiger charge is 2.28. The molecular formula is C13H19N3O2S. The third-order valence-electron chi connectivity index (χ3n) is 3.07. The highest BCUT2D eigenvalue weighted by atomic mass is 32.2. The van der Waals surface area contributed by atoms with Crippen LogP contribution in [0.1, 0.15) is 36.6 Å². The van der Waals surface area contributed by atoms with E-state index in [4.69, 9.17) is 0 Å². The van der Waals surface area contributed by atoms with Gasteiger partial charge in [0.1, 0.15) is 16.7 Å². The molecule has 1 aliphatic carbocycles. The number of rotatable bonds is 6. The zero-order valence-electron chi connectivity index (χ0n) is 11.5. The van der Waals surface area contributed by atoms with Gasteiger partial charge >= 0.3 is 5.97 Å². The molecule has 0 atom stereocenters. The number of anilines is 1. The summed E-state index contributed by atoms with van der Waals surface area (Å²) in [6.45, 7) is 2.00. The Bertz CT molecular complexity index is 475. The summed E-state index contributed by atoms with van der Waals surface area (Å²) >= 11 is 1.59. The summed E-state index contributed by atoms with van der Waals surface area (Å²) < 4.78 is 4.64. The van der Waals surface area contributed by atoms with Crippen LogP contribution in [0.15, 0.2) is 5.03 Å². The Morgan fingerprint density at radius 2 is 2.21 bits per heavy atom. The fraction of sp³-hybridized carbons (Fsp3) is 0.615. The van der Waals surface area contributed by atoms with E-state index in [9.17, 15) is 4.79 Å². The molecular weight excluding hydrogens is 262 g/mol. The average molecular weight is 281 g/mol. The monoisotopic (exact) mass is 281 g/mol. The number of hydrogen-bond donors (Lipinski definition) is 1. The van der Waals surface area contributed by atoms with Gasteiger partial charge in [0.05, 0.1) is 13.5 Å². The van der Waals surface area contributed by atoms with Crippen LogP contribution in [-0.2, 0) is 9.53 Å². The predicted octanol–water partition coefficient (Wildman–Crippen LogP) is 2.36. The number of nitrogens with one attached hydrogen (secondary N) is 1. The highest BCUT2D eigenvalue weighted by Crippen LogP contribution is 2.40. The molecule has 1 N–H and O–H groups in total. The first-order valence-electron chi connectivity index (χ1n) is 6.41. The second kappa shape index (κ2) is 6.23.